The smallest absolute Gasteiger partial charge is 0.166 e. The summed E-state index contributed by atoms with van der Waals surface area (Å²) < 4.78 is 24.6. The van der Waals surface area contributed by atoms with Gasteiger partial charge in [0.25, 0.3) is 0 Å². The van der Waals surface area contributed by atoms with Crippen LogP contribution >= 0.6 is 11.8 Å². The fourth-order valence-electron chi connectivity index (χ4n) is 3.20. The Balaban J connectivity index is 2.18. The Morgan fingerprint density at radius 1 is 1.26 bits per heavy atom. The van der Waals surface area contributed by atoms with E-state index in [0.29, 0.717) is 5.75 Å². The van der Waals surface area contributed by atoms with Crippen LogP contribution in [-0.4, -0.2) is 54.6 Å². The van der Waals surface area contributed by atoms with Crippen LogP contribution in [0.4, 0.5) is 0 Å². The van der Waals surface area contributed by atoms with Crippen molar-refractivity contribution in [2.75, 3.05) is 23.8 Å². The summed E-state index contributed by atoms with van der Waals surface area (Å²) in [5.41, 5.74) is 6.31. The molecule has 1 saturated carbocycles. The Morgan fingerprint density at radius 3 is 2.74 bits per heavy atom. The molecule has 0 radical (unpaired) electrons. The van der Waals surface area contributed by atoms with Crippen molar-refractivity contribution in [2.45, 2.75) is 56.5 Å². The van der Waals surface area contributed by atoms with Gasteiger partial charge in [-0.15, -0.1) is 0 Å². The summed E-state index contributed by atoms with van der Waals surface area (Å²) in [5.74, 6) is 1.97. The summed E-state index contributed by atoms with van der Waals surface area (Å²) in [5, 5.41) is -0.314. The van der Waals surface area contributed by atoms with Crippen molar-refractivity contribution in [3.05, 3.63) is 0 Å². The molecule has 4 nitrogen and oxygen atoms in total. The number of sulfone groups is 1. The maximum atomic E-state index is 12.3. The third-order valence-corrected chi connectivity index (χ3v) is 7.70. The molecule has 0 spiro atoms. The van der Waals surface area contributed by atoms with Gasteiger partial charge in [-0.1, -0.05) is 26.2 Å². The number of hydrogen-bond donors (Lipinski definition) is 1. The molecule has 6 heteroatoms. The topological polar surface area (TPSA) is 63.4 Å². The summed E-state index contributed by atoms with van der Waals surface area (Å²) in [6, 6.07) is 0.398. The van der Waals surface area contributed by atoms with Crippen LogP contribution in [0.3, 0.4) is 0 Å². The van der Waals surface area contributed by atoms with Gasteiger partial charge in [-0.3, -0.25) is 4.90 Å². The second kappa shape index (κ2) is 6.78. The van der Waals surface area contributed by atoms with Crippen molar-refractivity contribution in [2.24, 2.45) is 5.73 Å². The van der Waals surface area contributed by atoms with Gasteiger partial charge in [-0.05, 0) is 12.8 Å². The molecule has 0 aromatic rings. The minimum atomic E-state index is -3.01. The lowest BCUT2D eigenvalue weighted by Gasteiger charge is -2.42. The van der Waals surface area contributed by atoms with Crippen LogP contribution in [0, 0.1) is 0 Å². The molecule has 2 N–H and O–H groups in total. The molecule has 19 heavy (non-hydrogen) atoms. The molecule has 3 unspecified atom stereocenters. The summed E-state index contributed by atoms with van der Waals surface area (Å²) >= 11 is 1.76. The fourth-order valence-corrected chi connectivity index (χ4v) is 6.28. The summed E-state index contributed by atoms with van der Waals surface area (Å²) in [6.07, 6.45) is 5.69. The van der Waals surface area contributed by atoms with Crippen LogP contribution in [0.25, 0.3) is 0 Å². The number of nitrogens with two attached hydrogens (primary N) is 1. The zero-order chi connectivity index (χ0) is 13.9. The predicted molar refractivity (Wildman–Crippen MR) is 82.1 cm³/mol. The second-order valence-electron chi connectivity index (χ2n) is 5.59. The Bertz CT molecular complexity index is 386. The van der Waals surface area contributed by atoms with Gasteiger partial charge in [0.2, 0.25) is 0 Å². The summed E-state index contributed by atoms with van der Waals surface area (Å²) in [6.45, 7) is 2.62. The van der Waals surface area contributed by atoms with E-state index in [1.54, 1.807) is 18.7 Å². The summed E-state index contributed by atoms with van der Waals surface area (Å²) in [7, 11) is -3.01. The van der Waals surface area contributed by atoms with Crippen molar-refractivity contribution >= 4 is 21.6 Å². The largest absolute Gasteiger partial charge is 0.326 e. The molecule has 3 atom stereocenters. The second-order valence-corrected chi connectivity index (χ2v) is 9.19. The minimum Gasteiger partial charge on any atom is -0.326 e. The van der Waals surface area contributed by atoms with E-state index in [0.717, 1.165) is 25.1 Å². The van der Waals surface area contributed by atoms with E-state index in [4.69, 9.17) is 5.73 Å². The molecule has 1 heterocycles. The quantitative estimate of drug-likeness (QED) is 0.800. The average molecular weight is 306 g/mol. The third-order valence-electron chi connectivity index (χ3n) is 4.40. The Hall–Kier alpha value is 0.220. The van der Waals surface area contributed by atoms with E-state index >= 15 is 0 Å². The molecule has 1 aliphatic heterocycles. The highest BCUT2D eigenvalue weighted by Crippen LogP contribution is 2.29. The molecule has 0 aromatic carbocycles. The molecule has 112 valence electrons. The van der Waals surface area contributed by atoms with Gasteiger partial charge in [0.05, 0.1) is 0 Å². The maximum Gasteiger partial charge on any atom is 0.166 e. The van der Waals surface area contributed by atoms with Crippen LogP contribution in [0.5, 0.6) is 0 Å². The minimum absolute atomic E-state index is 0.139. The lowest BCUT2D eigenvalue weighted by atomic mass is 10.0. The van der Waals surface area contributed by atoms with Crippen LogP contribution in [0.2, 0.25) is 0 Å². The van der Waals surface area contributed by atoms with Crippen LogP contribution in [-0.2, 0) is 9.84 Å². The lowest BCUT2D eigenvalue weighted by molar-refractivity contribution is 0.158. The number of hydrogen-bond acceptors (Lipinski definition) is 5. The molecule has 0 bridgehead atoms. The average Bonchev–Trinajstić information content (AvgIpc) is 2.63. The number of rotatable bonds is 3. The first-order chi connectivity index (χ1) is 9.06. The normalized spacial score (nSPS) is 34.9. The van der Waals surface area contributed by atoms with Crippen molar-refractivity contribution in [3.8, 4) is 0 Å². The first-order valence-corrected chi connectivity index (χ1v) is 10.2. The lowest BCUT2D eigenvalue weighted by Crippen LogP contribution is -2.57. The first-order valence-electron chi connectivity index (χ1n) is 7.37. The Kier molecular flexibility index (Phi) is 5.57. The van der Waals surface area contributed by atoms with Crippen LogP contribution in [0.15, 0.2) is 0 Å². The van der Waals surface area contributed by atoms with Crippen molar-refractivity contribution in [1.82, 2.24) is 4.90 Å². The maximum absolute atomic E-state index is 12.3. The first kappa shape index (κ1) is 15.6. The zero-order valence-electron chi connectivity index (χ0n) is 11.8. The summed E-state index contributed by atoms with van der Waals surface area (Å²) in [4.78, 5) is 2.21. The Morgan fingerprint density at radius 2 is 2.00 bits per heavy atom. The highest BCUT2D eigenvalue weighted by atomic mass is 32.2. The molecule has 1 saturated heterocycles. The molecule has 0 amide bonds. The van der Waals surface area contributed by atoms with Crippen LogP contribution < -0.4 is 5.73 Å². The number of nitrogens with zero attached hydrogens (tertiary/aromatic N) is 1. The van der Waals surface area contributed by atoms with Crippen molar-refractivity contribution in [3.63, 3.8) is 0 Å². The SMILES string of the molecule is CCS(=O)(=O)C1CSCCN1C1CCCCCC1N. The standard InChI is InChI=1S/C13H26N2O2S2/c1-2-19(16,17)13-10-18-9-8-15(13)12-7-5-3-4-6-11(12)14/h11-13H,2-10,14H2,1H3. The van der Waals surface area contributed by atoms with Crippen molar-refractivity contribution < 1.29 is 8.42 Å². The predicted octanol–water partition coefficient (Wildman–Crippen LogP) is 1.46. The van der Waals surface area contributed by atoms with E-state index in [1.807, 2.05) is 0 Å². The van der Waals surface area contributed by atoms with Gasteiger partial charge < -0.3 is 5.73 Å². The van der Waals surface area contributed by atoms with Gasteiger partial charge in [0.15, 0.2) is 9.84 Å². The van der Waals surface area contributed by atoms with E-state index < -0.39 is 9.84 Å². The van der Waals surface area contributed by atoms with E-state index in [-0.39, 0.29) is 23.2 Å². The van der Waals surface area contributed by atoms with E-state index in [2.05, 4.69) is 4.90 Å². The van der Waals surface area contributed by atoms with E-state index in [9.17, 15) is 8.42 Å². The third kappa shape index (κ3) is 3.65. The molecule has 0 aromatic heterocycles. The molecule has 2 fully saturated rings. The Labute approximate surface area is 121 Å². The van der Waals surface area contributed by atoms with Crippen molar-refractivity contribution in [1.29, 1.82) is 0 Å². The van der Waals surface area contributed by atoms with E-state index in [1.165, 1.54) is 19.3 Å². The van der Waals surface area contributed by atoms with Gasteiger partial charge >= 0.3 is 0 Å². The molecule has 1 aliphatic carbocycles. The highest BCUT2D eigenvalue weighted by molar-refractivity contribution is 8.01. The highest BCUT2D eigenvalue weighted by Gasteiger charge is 2.38. The number of thioether (sulfide) groups is 1. The zero-order valence-corrected chi connectivity index (χ0v) is 13.4. The van der Waals surface area contributed by atoms with Crippen LogP contribution in [0.1, 0.15) is 39.0 Å². The van der Waals surface area contributed by atoms with Gasteiger partial charge in [-0.2, -0.15) is 11.8 Å². The van der Waals surface area contributed by atoms with Gasteiger partial charge in [0, 0.05) is 35.9 Å². The van der Waals surface area contributed by atoms with Gasteiger partial charge in [-0.25, -0.2) is 8.42 Å². The molecule has 2 aliphatic rings. The molecular formula is C13H26N2O2S2. The monoisotopic (exact) mass is 306 g/mol. The van der Waals surface area contributed by atoms with Gasteiger partial charge in [0.1, 0.15) is 5.37 Å². The fraction of sp³-hybridized carbons (Fsp3) is 1.00. The molecule has 2 rings (SSSR count). The molecular weight excluding hydrogens is 280 g/mol.